The first-order valence-corrected chi connectivity index (χ1v) is 10.4. The van der Waals surface area contributed by atoms with E-state index in [-0.39, 0.29) is 0 Å². The predicted molar refractivity (Wildman–Crippen MR) is 101 cm³/mol. The van der Waals surface area contributed by atoms with Gasteiger partial charge in [0.15, 0.2) is 0 Å². The first-order valence-electron chi connectivity index (χ1n) is 10.4. The topological polar surface area (TPSA) is 8.81 Å². The summed E-state index contributed by atoms with van der Waals surface area (Å²) in [5, 5.41) is 0. The summed E-state index contributed by atoms with van der Waals surface area (Å²) in [5.41, 5.74) is 0. The maximum atomic E-state index is 2.53. The van der Waals surface area contributed by atoms with Crippen LogP contribution in [0.1, 0.15) is 104 Å². The average molecular weight is 322 g/mol. The van der Waals surface area contributed by atoms with Gasteiger partial charge in [-0.15, -0.1) is 0 Å². The van der Waals surface area contributed by atoms with Crippen molar-refractivity contribution in [3.63, 3.8) is 0 Å². The van der Waals surface area contributed by atoms with Gasteiger partial charge < -0.3 is 0 Å². The number of hydrogen-bond donors (Lipinski definition) is 0. The van der Waals surface area contributed by atoms with Crippen molar-refractivity contribution < 1.29 is 4.57 Å². The van der Waals surface area contributed by atoms with Crippen molar-refractivity contribution in [3.8, 4) is 0 Å². The number of rotatable bonds is 15. The van der Waals surface area contributed by atoms with Crippen LogP contribution in [0.15, 0.2) is 12.4 Å². The lowest BCUT2D eigenvalue weighted by atomic mass is 10.1. The van der Waals surface area contributed by atoms with E-state index in [4.69, 9.17) is 0 Å². The number of aromatic nitrogens is 2. The summed E-state index contributed by atoms with van der Waals surface area (Å²) in [7, 11) is 0. The summed E-state index contributed by atoms with van der Waals surface area (Å²) < 4.78 is 5.02. The fourth-order valence-electron chi connectivity index (χ4n) is 3.38. The van der Waals surface area contributed by atoms with E-state index in [0.29, 0.717) is 0 Å². The molecule has 0 aliphatic carbocycles. The van der Waals surface area contributed by atoms with Crippen molar-refractivity contribution in [1.29, 1.82) is 0 Å². The Balaban J connectivity index is 2.31. The van der Waals surface area contributed by atoms with Crippen LogP contribution in [-0.2, 0) is 19.5 Å². The molecule has 0 radical (unpaired) electrons. The molecule has 0 unspecified atom stereocenters. The minimum atomic E-state index is 1.17. The first kappa shape index (κ1) is 20.3. The fraction of sp³-hybridized carbons (Fsp3) is 0.857. The lowest BCUT2D eigenvalue weighted by Gasteiger charge is -2.05. The highest BCUT2D eigenvalue weighted by atomic mass is 15.1. The number of hydrogen-bond acceptors (Lipinski definition) is 0. The van der Waals surface area contributed by atoms with E-state index in [1.54, 1.807) is 5.82 Å². The zero-order chi connectivity index (χ0) is 16.8. The van der Waals surface area contributed by atoms with Gasteiger partial charge in [0.1, 0.15) is 12.4 Å². The van der Waals surface area contributed by atoms with Crippen molar-refractivity contribution in [3.05, 3.63) is 18.2 Å². The summed E-state index contributed by atoms with van der Waals surface area (Å²) in [4.78, 5) is 0. The van der Waals surface area contributed by atoms with Gasteiger partial charge in [0.05, 0.1) is 13.1 Å². The van der Waals surface area contributed by atoms with Crippen molar-refractivity contribution in [2.24, 2.45) is 0 Å². The molecule has 1 rings (SSSR count). The molecule has 0 bridgehead atoms. The molecule has 0 saturated heterocycles. The lowest BCUT2D eigenvalue weighted by Crippen LogP contribution is -2.37. The van der Waals surface area contributed by atoms with Crippen molar-refractivity contribution in [1.82, 2.24) is 4.57 Å². The van der Waals surface area contributed by atoms with Gasteiger partial charge >= 0.3 is 0 Å². The molecule has 2 nitrogen and oxygen atoms in total. The molecule has 0 saturated carbocycles. The molecular formula is C21H41N2+. The van der Waals surface area contributed by atoms with E-state index in [1.165, 1.54) is 96.6 Å². The maximum absolute atomic E-state index is 2.53. The molecule has 1 aromatic heterocycles. The second-order valence-electron chi connectivity index (χ2n) is 7.03. The van der Waals surface area contributed by atoms with E-state index in [9.17, 15) is 0 Å². The summed E-state index contributed by atoms with van der Waals surface area (Å²) in [6, 6.07) is 0. The van der Waals surface area contributed by atoms with Crippen molar-refractivity contribution in [2.45, 2.75) is 117 Å². The van der Waals surface area contributed by atoms with Gasteiger partial charge in [-0.1, -0.05) is 72.1 Å². The molecule has 0 aliphatic heterocycles. The maximum Gasteiger partial charge on any atom is 0.256 e. The van der Waals surface area contributed by atoms with E-state index in [1.807, 2.05) is 0 Å². The van der Waals surface area contributed by atoms with Gasteiger partial charge in [0.25, 0.3) is 5.82 Å². The van der Waals surface area contributed by atoms with Gasteiger partial charge in [-0.25, -0.2) is 9.13 Å². The molecule has 0 aromatic carbocycles. The van der Waals surface area contributed by atoms with Crippen molar-refractivity contribution in [2.75, 3.05) is 0 Å². The van der Waals surface area contributed by atoms with Crippen LogP contribution in [0.4, 0.5) is 0 Å². The molecule has 2 heteroatoms. The molecule has 0 N–H and O–H groups in total. The van der Waals surface area contributed by atoms with Crippen LogP contribution in [0.25, 0.3) is 0 Å². The van der Waals surface area contributed by atoms with Crippen LogP contribution in [0.3, 0.4) is 0 Å². The second kappa shape index (κ2) is 13.6. The quantitative estimate of drug-likeness (QED) is 0.274. The standard InChI is InChI=1S/C21H41N2/c1-4-7-9-10-11-12-13-15-18-23-20-19-22(17-6-3)21(23)16-14-8-5-2/h19-20H,4-18H2,1-3H3/q+1. The molecule has 0 amide bonds. The molecular weight excluding hydrogens is 280 g/mol. The largest absolute Gasteiger partial charge is 0.256 e. The average Bonchev–Trinajstić information content (AvgIpc) is 2.93. The number of unbranched alkanes of at least 4 members (excludes halogenated alkanes) is 9. The summed E-state index contributed by atoms with van der Waals surface area (Å²) in [6.45, 7) is 9.25. The summed E-state index contributed by atoms with van der Waals surface area (Å²) >= 11 is 0. The Kier molecular flexibility index (Phi) is 12.0. The summed E-state index contributed by atoms with van der Waals surface area (Å²) in [6.07, 6.45) is 22.3. The molecule has 1 aromatic rings. The zero-order valence-corrected chi connectivity index (χ0v) is 16.2. The van der Waals surface area contributed by atoms with Crippen LogP contribution in [0.5, 0.6) is 0 Å². The van der Waals surface area contributed by atoms with E-state index >= 15 is 0 Å². The molecule has 134 valence electrons. The Morgan fingerprint density at radius 2 is 1.35 bits per heavy atom. The zero-order valence-electron chi connectivity index (χ0n) is 16.2. The van der Waals surface area contributed by atoms with Crippen LogP contribution < -0.4 is 4.57 Å². The van der Waals surface area contributed by atoms with Crippen LogP contribution in [0.2, 0.25) is 0 Å². The third-order valence-corrected chi connectivity index (χ3v) is 4.81. The second-order valence-corrected chi connectivity index (χ2v) is 7.03. The van der Waals surface area contributed by atoms with Crippen molar-refractivity contribution >= 4 is 0 Å². The molecule has 0 fully saturated rings. The minimum absolute atomic E-state index is 1.17. The number of aryl methyl sites for hydroxylation is 2. The molecule has 23 heavy (non-hydrogen) atoms. The third-order valence-electron chi connectivity index (χ3n) is 4.81. The molecule has 0 atom stereocenters. The monoisotopic (exact) mass is 321 g/mol. The van der Waals surface area contributed by atoms with Gasteiger partial charge in [-0.3, -0.25) is 0 Å². The molecule has 0 spiro atoms. The fourth-order valence-corrected chi connectivity index (χ4v) is 3.38. The van der Waals surface area contributed by atoms with Gasteiger partial charge in [0.2, 0.25) is 0 Å². The van der Waals surface area contributed by atoms with E-state index in [2.05, 4.69) is 42.3 Å². The Morgan fingerprint density at radius 1 is 0.739 bits per heavy atom. The number of imidazole rings is 1. The Bertz CT molecular complexity index is 381. The minimum Gasteiger partial charge on any atom is -0.234 e. The van der Waals surface area contributed by atoms with Crippen LogP contribution >= 0.6 is 0 Å². The lowest BCUT2D eigenvalue weighted by molar-refractivity contribution is -0.703. The molecule has 0 aliphatic rings. The Labute approximate surface area is 145 Å². The van der Waals surface area contributed by atoms with E-state index < -0.39 is 0 Å². The highest BCUT2D eigenvalue weighted by Gasteiger charge is 2.15. The van der Waals surface area contributed by atoms with Gasteiger partial charge in [-0.2, -0.15) is 0 Å². The smallest absolute Gasteiger partial charge is 0.234 e. The Morgan fingerprint density at radius 3 is 2.00 bits per heavy atom. The SMILES string of the molecule is CCCCCCCCCCn1cc[n+](CCC)c1CCCCC. The normalized spacial score (nSPS) is 11.3. The number of nitrogens with zero attached hydrogens (tertiary/aromatic N) is 2. The predicted octanol–water partition coefficient (Wildman–Crippen LogP) is 6.06. The molecule has 1 heterocycles. The first-order chi connectivity index (χ1) is 11.3. The highest BCUT2D eigenvalue weighted by molar-refractivity contribution is 4.84. The van der Waals surface area contributed by atoms with Crippen LogP contribution in [0, 0.1) is 0 Å². The van der Waals surface area contributed by atoms with Gasteiger partial charge in [0, 0.05) is 6.42 Å². The third kappa shape index (κ3) is 8.58. The van der Waals surface area contributed by atoms with Crippen LogP contribution in [-0.4, -0.2) is 4.57 Å². The van der Waals surface area contributed by atoms with E-state index in [0.717, 1.165) is 0 Å². The van der Waals surface area contributed by atoms with Gasteiger partial charge in [-0.05, 0) is 25.7 Å². The summed E-state index contributed by atoms with van der Waals surface area (Å²) in [5.74, 6) is 1.56. The Hall–Kier alpha value is -0.790. The highest BCUT2D eigenvalue weighted by Crippen LogP contribution is 2.11.